The molecule has 0 bridgehead atoms. The molecular formula is C17H24O2. The molecule has 2 nitrogen and oxygen atoms in total. The first-order valence-corrected chi connectivity index (χ1v) is 7.48. The highest BCUT2D eigenvalue weighted by Gasteiger charge is 2.26. The van der Waals surface area contributed by atoms with Crippen molar-refractivity contribution >= 4 is 5.97 Å². The first-order valence-electron chi connectivity index (χ1n) is 7.48. The number of carboxylic acids is 1. The molecule has 1 saturated carbocycles. The second kappa shape index (κ2) is 6.74. The highest BCUT2D eigenvalue weighted by molar-refractivity contribution is 5.67. The minimum atomic E-state index is -0.641. The van der Waals surface area contributed by atoms with Gasteiger partial charge in [0, 0.05) is 6.42 Å². The summed E-state index contributed by atoms with van der Waals surface area (Å²) in [6, 6.07) is 8.82. The van der Waals surface area contributed by atoms with Crippen LogP contribution in [0.1, 0.15) is 50.2 Å². The standard InChI is InChI=1S/C17H24O2/c1-2-13-7-9-14(10-8-13)11-15-5-3-4-6-16(15)12-17(18)19/h7-10,15-16H,2-6,11-12H2,1H3,(H,18,19). The van der Waals surface area contributed by atoms with E-state index in [1.165, 1.54) is 30.4 Å². The van der Waals surface area contributed by atoms with Crippen LogP contribution in [0.25, 0.3) is 0 Å². The van der Waals surface area contributed by atoms with E-state index >= 15 is 0 Å². The molecule has 1 aromatic carbocycles. The summed E-state index contributed by atoms with van der Waals surface area (Å²) in [4.78, 5) is 10.9. The SMILES string of the molecule is CCc1ccc(CC2CCCCC2CC(=O)O)cc1. The van der Waals surface area contributed by atoms with Crippen LogP contribution < -0.4 is 0 Å². The van der Waals surface area contributed by atoms with Crippen LogP contribution in [0.3, 0.4) is 0 Å². The summed E-state index contributed by atoms with van der Waals surface area (Å²) in [5.41, 5.74) is 2.73. The van der Waals surface area contributed by atoms with Gasteiger partial charge >= 0.3 is 5.97 Å². The average Bonchev–Trinajstić information content (AvgIpc) is 2.41. The Balaban J connectivity index is 1.99. The molecule has 0 amide bonds. The van der Waals surface area contributed by atoms with E-state index in [0.717, 1.165) is 19.3 Å². The first-order chi connectivity index (χ1) is 9.19. The van der Waals surface area contributed by atoms with Gasteiger partial charge in [-0.3, -0.25) is 4.79 Å². The van der Waals surface area contributed by atoms with Crippen LogP contribution in [0.15, 0.2) is 24.3 Å². The molecule has 0 heterocycles. The molecule has 0 radical (unpaired) electrons. The highest BCUT2D eigenvalue weighted by Crippen LogP contribution is 2.34. The third-order valence-corrected chi connectivity index (χ3v) is 4.43. The topological polar surface area (TPSA) is 37.3 Å². The lowest BCUT2D eigenvalue weighted by atomic mass is 9.74. The number of carbonyl (C=O) groups is 1. The molecule has 2 atom stereocenters. The fourth-order valence-corrected chi connectivity index (χ4v) is 3.26. The number of carboxylic acid groups (broad SMARTS) is 1. The molecule has 1 N–H and O–H groups in total. The molecule has 104 valence electrons. The molecule has 19 heavy (non-hydrogen) atoms. The lowest BCUT2D eigenvalue weighted by Gasteiger charge is -2.30. The van der Waals surface area contributed by atoms with E-state index in [2.05, 4.69) is 31.2 Å². The van der Waals surface area contributed by atoms with Crippen molar-refractivity contribution in [1.82, 2.24) is 0 Å². The van der Waals surface area contributed by atoms with Crippen molar-refractivity contribution in [2.75, 3.05) is 0 Å². The molecule has 0 spiro atoms. The van der Waals surface area contributed by atoms with Crippen LogP contribution in [0.5, 0.6) is 0 Å². The van der Waals surface area contributed by atoms with Gasteiger partial charge in [0.15, 0.2) is 0 Å². The number of hydrogen-bond donors (Lipinski definition) is 1. The first kappa shape index (κ1) is 14.1. The van der Waals surface area contributed by atoms with Crippen molar-refractivity contribution in [2.24, 2.45) is 11.8 Å². The number of aliphatic carboxylic acids is 1. The Morgan fingerprint density at radius 2 is 1.68 bits per heavy atom. The van der Waals surface area contributed by atoms with E-state index in [0.29, 0.717) is 18.3 Å². The van der Waals surface area contributed by atoms with Crippen molar-refractivity contribution in [2.45, 2.75) is 51.9 Å². The van der Waals surface area contributed by atoms with Gasteiger partial charge in [-0.25, -0.2) is 0 Å². The summed E-state index contributed by atoms with van der Waals surface area (Å²) >= 11 is 0. The van der Waals surface area contributed by atoms with E-state index < -0.39 is 5.97 Å². The molecule has 0 aromatic heterocycles. The summed E-state index contributed by atoms with van der Waals surface area (Å²) in [5, 5.41) is 9.02. The molecular weight excluding hydrogens is 236 g/mol. The molecule has 1 aromatic rings. The minimum Gasteiger partial charge on any atom is -0.481 e. The summed E-state index contributed by atoms with van der Waals surface area (Å²) in [6.45, 7) is 2.17. The normalized spacial score (nSPS) is 23.2. The summed E-state index contributed by atoms with van der Waals surface area (Å²) in [5.74, 6) is 0.285. The van der Waals surface area contributed by atoms with Crippen LogP contribution in [0.2, 0.25) is 0 Å². The van der Waals surface area contributed by atoms with E-state index in [4.69, 9.17) is 5.11 Å². The van der Waals surface area contributed by atoms with Gasteiger partial charge in [-0.2, -0.15) is 0 Å². The van der Waals surface area contributed by atoms with Gasteiger partial charge in [0.2, 0.25) is 0 Å². The average molecular weight is 260 g/mol. The largest absolute Gasteiger partial charge is 0.481 e. The van der Waals surface area contributed by atoms with Crippen LogP contribution >= 0.6 is 0 Å². The van der Waals surface area contributed by atoms with E-state index in [1.807, 2.05) is 0 Å². The van der Waals surface area contributed by atoms with Gasteiger partial charge in [-0.1, -0.05) is 44.0 Å². The maximum atomic E-state index is 10.9. The lowest BCUT2D eigenvalue weighted by Crippen LogP contribution is -2.24. The second-order valence-corrected chi connectivity index (χ2v) is 5.78. The molecule has 1 aliphatic rings. The third-order valence-electron chi connectivity index (χ3n) is 4.43. The van der Waals surface area contributed by atoms with Crippen LogP contribution in [-0.4, -0.2) is 11.1 Å². The van der Waals surface area contributed by atoms with Crippen molar-refractivity contribution in [3.05, 3.63) is 35.4 Å². The van der Waals surface area contributed by atoms with Crippen LogP contribution in [-0.2, 0) is 17.6 Å². The Labute approximate surface area is 115 Å². The Bertz CT molecular complexity index is 408. The molecule has 2 rings (SSSR count). The second-order valence-electron chi connectivity index (χ2n) is 5.78. The number of rotatable bonds is 5. The van der Waals surface area contributed by atoms with Gasteiger partial charge in [0.1, 0.15) is 0 Å². The zero-order valence-corrected chi connectivity index (χ0v) is 11.8. The smallest absolute Gasteiger partial charge is 0.303 e. The molecule has 0 saturated heterocycles. The van der Waals surface area contributed by atoms with Gasteiger partial charge in [0.25, 0.3) is 0 Å². The Hall–Kier alpha value is -1.31. The monoisotopic (exact) mass is 260 g/mol. The summed E-state index contributed by atoms with van der Waals surface area (Å²) in [7, 11) is 0. The minimum absolute atomic E-state index is 0.345. The molecule has 1 fully saturated rings. The Morgan fingerprint density at radius 3 is 2.26 bits per heavy atom. The fraction of sp³-hybridized carbons (Fsp3) is 0.588. The fourth-order valence-electron chi connectivity index (χ4n) is 3.26. The number of benzene rings is 1. The van der Waals surface area contributed by atoms with E-state index in [9.17, 15) is 4.79 Å². The Morgan fingerprint density at radius 1 is 1.11 bits per heavy atom. The zero-order valence-electron chi connectivity index (χ0n) is 11.8. The zero-order chi connectivity index (χ0) is 13.7. The van der Waals surface area contributed by atoms with Crippen molar-refractivity contribution < 1.29 is 9.90 Å². The quantitative estimate of drug-likeness (QED) is 0.866. The molecule has 0 aliphatic heterocycles. The predicted molar refractivity (Wildman–Crippen MR) is 77.2 cm³/mol. The van der Waals surface area contributed by atoms with Crippen LogP contribution in [0.4, 0.5) is 0 Å². The third kappa shape index (κ3) is 4.09. The van der Waals surface area contributed by atoms with Gasteiger partial charge in [-0.05, 0) is 48.6 Å². The maximum absolute atomic E-state index is 10.9. The van der Waals surface area contributed by atoms with Gasteiger partial charge in [0.05, 0.1) is 0 Å². The highest BCUT2D eigenvalue weighted by atomic mass is 16.4. The Kier molecular flexibility index (Phi) is 5.00. The van der Waals surface area contributed by atoms with Crippen molar-refractivity contribution in [3.63, 3.8) is 0 Å². The van der Waals surface area contributed by atoms with E-state index in [1.54, 1.807) is 0 Å². The van der Waals surface area contributed by atoms with Crippen molar-refractivity contribution in [3.8, 4) is 0 Å². The number of hydrogen-bond acceptors (Lipinski definition) is 1. The van der Waals surface area contributed by atoms with Gasteiger partial charge < -0.3 is 5.11 Å². The van der Waals surface area contributed by atoms with Crippen LogP contribution in [0, 0.1) is 11.8 Å². The summed E-state index contributed by atoms with van der Waals surface area (Å²) in [6.07, 6.45) is 7.19. The lowest BCUT2D eigenvalue weighted by molar-refractivity contribution is -0.138. The van der Waals surface area contributed by atoms with Gasteiger partial charge in [-0.15, -0.1) is 0 Å². The van der Waals surface area contributed by atoms with E-state index in [-0.39, 0.29) is 0 Å². The summed E-state index contributed by atoms with van der Waals surface area (Å²) < 4.78 is 0. The predicted octanol–water partition coefficient (Wildman–Crippen LogP) is 4.07. The molecule has 2 unspecified atom stereocenters. The molecule has 1 aliphatic carbocycles. The number of aryl methyl sites for hydroxylation is 1. The maximum Gasteiger partial charge on any atom is 0.303 e. The molecule has 2 heteroatoms. The van der Waals surface area contributed by atoms with Crippen molar-refractivity contribution in [1.29, 1.82) is 0 Å².